The molecule has 0 aromatic heterocycles. The maximum Gasteiger partial charge on any atom is 0.320 e. The van der Waals surface area contributed by atoms with Gasteiger partial charge in [0.1, 0.15) is 13.2 Å². The van der Waals surface area contributed by atoms with Crippen molar-refractivity contribution in [3.05, 3.63) is 35.9 Å². The fourth-order valence-corrected chi connectivity index (χ4v) is 4.15. The Bertz CT molecular complexity index is 979. The van der Waals surface area contributed by atoms with Crippen LogP contribution in [-0.2, 0) is 54.2 Å². The zero-order valence-electron chi connectivity index (χ0n) is 26.3. The summed E-state index contributed by atoms with van der Waals surface area (Å²) < 4.78 is 32.2. The van der Waals surface area contributed by atoms with Crippen LogP contribution in [-0.4, -0.2) is 132 Å². The summed E-state index contributed by atoms with van der Waals surface area (Å²) in [6.07, 6.45) is 0.215. The molecule has 0 bridgehead atoms. The molecule has 2 rings (SSSR count). The smallest absolute Gasteiger partial charge is 0.320 e. The molecule has 0 spiro atoms. The lowest BCUT2D eigenvalue weighted by Crippen LogP contribution is -2.57. The average Bonchev–Trinajstić information content (AvgIpc) is 3.01. The molecule has 248 valence electrons. The van der Waals surface area contributed by atoms with Gasteiger partial charge in [-0.1, -0.05) is 44.2 Å². The number of carbonyl (C=O) groups is 4. The number of hydrogen-bond acceptors (Lipinski definition) is 12. The van der Waals surface area contributed by atoms with Crippen LogP contribution in [0.1, 0.15) is 32.8 Å². The standard InChI is InChI=1S/C31H49N3O10/c1-25(2)22-43-31(38)21-33-11-12-34(20-28(33)24-42-26(3)35)29(36)9-13-39-15-17-41-18-16-40-14-10-32-19-30(37)44-23-27-7-5-4-6-8-27/h4-8,25,28,32H,9-24H2,1-3H3. The zero-order chi connectivity index (χ0) is 32.0. The van der Waals surface area contributed by atoms with Crippen LogP contribution in [0.15, 0.2) is 30.3 Å². The molecule has 1 fully saturated rings. The molecule has 1 atom stereocenters. The Hall–Kier alpha value is -3.10. The Morgan fingerprint density at radius 3 is 2.23 bits per heavy atom. The molecular weight excluding hydrogens is 574 g/mol. The van der Waals surface area contributed by atoms with Crippen LogP contribution < -0.4 is 5.32 Å². The van der Waals surface area contributed by atoms with Crippen molar-refractivity contribution >= 4 is 23.8 Å². The van der Waals surface area contributed by atoms with Crippen LogP contribution in [0.25, 0.3) is 0 Å². The summed E-state index contributed by atoms with van der Waals surface area (Å²) >= 11 is 0. The van der Waals surface area contributed by atoms with E-state index in [0.717, 1.165) is 5.56 Å². The van der Waals surface area contributed by atoms with Crippen LogP contribution >= 0.6 is 0 Å². The summed E-state index contributed by atoms with van der Waals surface area (Å²) in [6.45, 7) is 10.2. The number of piperazine rings is 1. The second-order valence-corrected chi connectivity index (χ2v) is 10.8. The van der Waals surface area contributed by atoms with Crippen LogP contribution in [0.4, 0.5) is 0 Å². The van der Waals surface area contributed by atoms with Crippen molar-refractivity contribution in [1.82, 2.24) is 15.1 Å². The predicted molar refractivity (Wildman–Crippen MR) is 161 cm³/mol. The second-order valence-electron chi connectivity index (χ2n) is 10.8. The summed E-state index contributed by atoms with van der Waals surface area (Å²) in [6, 6.07) is 9.21. The third-order valence-corrected chi connectivity index (χ3v) is 6.49. The molecule has 1 saturated heterocycles. The molecule has 1 aromatic rings. The quantitative estimate of drug-likeness (QED) is 0.112. The highest BCUT2D eigenvalue weighted by molar-refractivity contribution is 5.76. The number of carbonyl (C=O) groups excluding carboxylic acids is 4. The summed E-state index contributed by atoms with van der Waals surface area (Å²) in [5, 5.41) is 2.98. The molecule has 1 N–H and O–H groups in total. The van der Waals surface area contributed by atoms with Gasteiger partial charge in [0.2, 0.25) is 5.91 Å². The minimum absolute atomic E-state index is 0.0627. The van der Waals surface area contributed by atoms with Gasteiger partial charge in [0.05, 0.1) is 71.8 Å². The van der Waals surface area contributed by atoms with Crippen molar-refractivity contribution in [1.29, 1.82) is 0 Å². The molecule has 0 aliphatic carbocycles. The average molecular weight is 624 g/mol. The summed E-state index contributed by atoms with van der Waals surface area (Å²) in [4.78, 5) is 51.7. The van der Waals surface area contributed by atoms with E-state index in [9.17, 15) is 19.2 Å². The van der Waals surface area contributed by atoms with Gasteiger partial charge in [-0.05, 0) is 11.5 Å². The van der Waals surface area contributed by atoms with Crippen molar-refractivity contribution in [3.8, 4) is 0 Å². The van der Waals surface area contributed by atoms with Crippen LogP contribution in [0.2, 0.25) is 0 Å². The van der Waals surface area contributed by atoms with E-state index in [4.69, 9.17) is 28.4 Å². The van der Waals surface area contributed by atoms with Gasteiger partial charge in [-0.15, -0.1) is 0 Å². The van der Waals surface area contributed by atoms with E-state index in [1.165, 1.54) is 6.92 Å². The van der Waals surface area contributed by atoms with Gasteiger partial charge in [0.25, 0.3) is 0 Å². The van der Waals surface area contributed by atoms with E-state index in [0.29, 0.717) is 65.8 Å². The van der Waals surface area contributed by atoms with Crippen molar-refractivity contribution in [3.63, 3.8) is 0 Å². The highest BCUT2D eigenvalue weighted by Gasteiger charge is 2.31. The highest BCUT2D eigenvalue weighted by Crippen LogP contribution is 2.13. The largest absolute Gasteiger partial charge is 0.464 e. The first-order chi connectivity index (χ1) is 21.2. The lowest BCUT2D eigenvalue weighted by atomic mass is 10.1. The normalized spacial score (nSPS) is 15.3. The maximum atomic E-state index is 12.7. The lowest BCUT2D eigenvalue weighted by Gasteiger charge is -2.40. The zero-order valence-corrected chi connectivity index (χ0v) is 26.3. The lowest BCUT2D eigenvalue weighted by molar-refractivity contribution is -0.150. The fraction of sp³-hybridized carbons (Fsp3) is 0.677. The van der Waals surface area contributed by atoms with E-state index in [2.05, 4.69) is 5.32 Å². The molecule has 44 heavy (non-hydrogen) atoms. The number of hydrogen-bond donors (Lipinski definition) is 1. The van der Waals surface area contributed by atoms with Crippen molar-refractivity contribution in [2.24, 2.45) is 5.92 Å². The first-order valence-electron chi connectivity index (χ1n) is 15.2. The van der Waals surface area contributed by atoms with Gasteiger partial charge in [-0.2, -0.15) is 0 Å². The van der Waals surface area contributed by atoms with Crippen LogP contribution in [0.3, 0.4) is 0 Å². The number of nitrogens with one attached hydrogen (secondary N) is 1. The third-order valence-electron chi connectivity index (χ3n) is 6.49. The number of ether oxygens (including phenoxy) is 6. The summed E-state index contributed by atoms with van der Waals surface area (Å²) in [5.74, 6) is -0.889. The molecule has 1 unspecified atom stereocenters. The minimum Gasteiger partial charge on any atom is -0.464 e. The molecule has 13 nitrogen and oxygen atoms in total. The predicted octanol–water partition coefficient (Wildman–Crippen LogP) is 1.03. The van der Waals surface area contributed by atoms with E-state index in [1.54, 1.807) is 4.90 Å². The van der Waals surface area contributed by atoms with E-state index >= 15 is 0 Å². The van der Waals surface area contributed by atoms with Gasteiger partial charge in [-0.25, -0.2) is 0 Å². The Balaban J connectivity index is 1.47. The van der Waals surface area contributed by atoms with Gasteiger partial charge >= 0.3 is 17.9 Å². The van der Waals surface area contributed by atoms with Crippen LogP contribution in [0.5, 0.6) is 0 Å². The number of esters is 3. The number of rotatable bonds is 22. The molecule has 1 heterocycles. The molecule has 1 amide bonds. The Morgan fingerprint density at radius 1 is 0.864 bits per heavy atom. The first kappa shape index (κ1) is 37.1. The molecule has 1 aliphatic rings. The van der Waals surface area contributed by atoms with Crippen molar-refractivity contribution in [2.45, 2.75) is 39.8 Å². The third kappa shape index (κ3) is 17.3. The van der Waals surface area contributed by atoms with Gasteiger partial charge in [0.15, 0.2) is 0 Å². The van der Waals surface area contributed by atoms with Gasteiger partial charge in [-0.3, -0.25) is 24.1 Å². The Labute approximate surface area is 260 Å². The van der Waals surface area contributed by atoms with Crippen molar-refractivity contribution < 1.29 is 47.6 Å². The minimum atomic E-state index is -0.413. The summed E-state index contributed by atoms with van der Waals surface area (Å²) in [7, 11) is 0. The summed E-state index contributed by atoms with van der Waals surface area (Å²) in [5.41, 5.74) is 0.944. The number of nitrogens with zero attached hydrogens (tertiary/aromatic N) is 2. The Kier molecular flexibility index (Phi) is 18.9. The number of amides is 1. The first-order valence-corrected chi connectivity index (χ1v) is 15.2. The second kappa shape index (κ2) is 22.4. The molecule has 0 saturated carbocycles. The van der Waals surface area contributed by atoms with Crippen LogP contribution in [0, 0.1) is 5.92 Å². The molecule has 1 aromatic carbocycles. The van der Waals surface area contributed by atoms with E-state index in [1.807, 2.05) is 49.1 Å². The SMILES string of the molecule is CC(=O)OCC1CN(C(=O)CCOCCOCCOCCNCC(=O)OCc2ccccc2)CCN1CC(=O)OCC(C)C. The fourth-order valence-electron chi connectivity index (χ4n) is 4.15. The van der Waals surface area contributed by atoms with E-state index < -0.39 is 5.97 Å². The molecular formula is C31H49N3O10. The monoisotopic (exact) mass is 623 g/mol. The molecule has 13 heteroatoms. The van der Waals surface area contributed by atoms with E-state index in [-0.39, 0.29) is 69.1 Å². The van der Waals surface area contributed by atoms with Crippen molar-refractivity contribution in [2.75, 3.05) is 92.1 Å². The molecule has 0 radical (unpaired) electrons. The van der Waals surface area contributed by atoms with Gasteiger partial charge < -0.3 is 38.6 Å². The topological polar surface area (TPSA) is 142 Å². The Morgan fingerprint density at radius 2 is 1.55 bits per heavy atom. The number of benzene rings is 1. The maximum absolute atomic E-state index is 12.7. The highest BCUT2D eigenvalue weighted by atomic mass is 16.6. The van der Waals surface area contributed by atoms with Gasteiger partial charge in [0, 0.05) is 33.1 Å². The molecule has 1 aliphatic heterocycles.